The third-order valence-corrected chi connectivity index (χ3v) is 1.86. The maximum absolute atomic E-state index is 11.3. The lowest BCUT2D eigenvalue weighted by Gasteiger charge is -2.30. The molecule has 0 aromatic rings. The average Bonchev–Trinajstić information content (AvgIpc) is 2.05. The summed E-state index contributed by atoms with van der Waals surface area (Å²) in [5.41, 5.74) is 0. The summed E-state index contributed by atoms with van der Waals surface area (Å²) in [6, 6.07) is 0. The van der Waals surface area contributed by atoms with Crippen LogP contribution in [0.25, 0.3) is 0 Å². The minimum Gasteiger partial charge on any atom is -0.375 e. The van der Waals surface area contributed by atoms with Gasteiger partial charge in [-0.15, -0.1) is 0 Å². The lowest BCUT2D eigenvalue weighted by atomic mass is 10.3. The second-order valence-corrected chi connectivity index (χ2v) is 2.95. The molecule has 1 rings (SSSR count). The Kier molecular flexibility index (Phi) is 3.49. The molecule has 4 nitrogen and oxygen atoms in total. The zero-order valence-electron chi connectivity index (χ0n) is 7.58. The van der Waals surface area contributed by atoms with E-state index in [-0.39, 0.29) is 18.6 Å². The summed E-state index contributed by atoms with van der Waals surface area (Å²) in [7, 11) is 1.53. The van der Waals surface area contributed by atoms with Gasteiger partial charge in [-0.3, -0.25) is 4.79 Å². The zero-order valence-corrected chi connectivity index (χ0v) is 7.58. The van der Waals surface area contributed by atoms with Crippen LogP contribution in [0, 0.1) is 0 Å². The van der Waals surface area contributed by atoms with E-state index in [1.54, 1.807) is 4.90 Å². The number of rotatable bonds is 2. The van der Waals surface area contributed by atoms with E-state index in [2.05, 4.69) is 0 Å². The van der Waals surface area contributed by atoms with Crippen LogP contribution in [0.15, 0.2) is 0 Å². The molecule has 1 aliphatic heterocycles. The number of morpholine rings is 1. The predicted molar refractivity (Wildman–Crippen MR) is 43.9 cm³/mol. The van der Waals surface area contributed by atoms with Crippen molar-refractivity contribution >= 4 is 5.91 Å². The third kappa shape index (κ3) is 2.46. The van der Waals surface area contributed by atoms with E-state index >= 15 is 0 Å². The van der Waals surface area contributed by atoms with E-state index in [0.29, 0.717) is 19.7 Å². The topological polar surface area (TPSA) is 38.8 Å². The molecule has 1 fully saturated rings. The monoisotopic (exact) mass is 173 g/mol. The minimum atomic E-state index is 0.0488. The maximum atomic E-state index is 11.3. The molecular weight excluding hydrogens is 158 g/mol. The van der Waals surface area contributed by atoms with Crippen molar-refractivity contribution in [1.29, 1.82) is 0 Å². The van der Waals surface area contributed by atoms with E-state index < -0.39 is 0 Å². The highest BCUT2D eigenvalue weighted by atomic mass is 16.5. The van der Waals surface area contributed by atoms with Crippen LogP contribution in [0.3, 0.4) is 0 Å². The molecule has 1 amide bonds. The van der Waals surface area contributed by atoms with Crippen LogP contribution in [-0.2, 0) is 14.3 Å². The number of methoxy groups -OCH3 is 1. The molecule has 0 aliphatic carbocycles. The van der Waals surface area contributed by atoms with Gasteiger partial charge in [-0.25, -0.2) is 0 Å². The van der Waals surface area contributed by atoms with Crippen LogP contribution >= 0.6 is 0 Å². The van der Waals surface area contributed by atoms with Crippen molar-refractivity contribution in [2.75, 3.05) is 33.4 Å². The Morgan fingerprint density at radius 3 is 3.08 bits per heavy atom. The molecule has 0 bridgehead atoms. The minimum absolute atomic E-state index is 0.0488. The van der Waals surface area contributed by atoms with Crippen LogP contribution in [0.5, 0.6) is 0 Å². The second-order valence-electron chi connectivity index (χ2n) is 2.95. The molecule has 0 saturated carbocycles. The van der Waals surface area contributed by atoms with Crippen LogP contribution in [0.4, 0.5) is 0 Å². The first kappa shape index (κ1) is 9.48. The number of ether oxygens (including phenoxy) is 2. The Hall–Kier alpha value is -0.610. The first-order chi connectivity index (χ1) is 5.74. The Balaban J connectivity index is 2.35. The molecule has 1 atom stereocenters. The molecule has 0 spiro atoms. The summed E-state index contributed by atoms with van der Waals surface area (Å²) < 4.78 is 10.1. The SMILES string of the molecule is COCC(=O)N1CCOC(C)C1. The quantitative estimate of drug-likeness (QED) is 0.584. The first-order valence-corrected chi connectivity index (χ1v) is 4.12. The summed E-state index contributed by atoms with van der Waals surface area (Å²) in [4.78, 5) is 13.1. The highest BCUT2D eigenvalue weighted by molar-refractivity contribution is 5.77. The van der Waals surface area contributed by atoms with E-state index in [0.717, 1.165) is 0 Å². The Morgan fingerprint density at radius 2 is 2.50 bits per heavy atom. The fraction of sp³-hybridized carbons (Fsp3) is 0.875. The van der Waals surface area contributed by atoms with Crippen molar-refractivity contribution in [2.24, 2.45) is 0 Å². The van der Waals surface area contributed by atoms with Crippen molar-refractivity contribution in [3.8, 4) is 0 Å². The molecule has 1 unspecified atom stereocenters. The highest BCUT2D eigenvalue weighted by Crippen LogP contribution is 2.04. The van der Waals surface area contributed by atoms with E-state index in [9.17, 15) is 4.79 Å². The first-order valence-electron chi connectivity index (χ1n) is 4.12. The maximum Gasteiger partial charge on any atom is 0.248 e. The smallest absolute Gasteiger partial charge is 0.248 e. The fourth-order valence-corrected chi connectivity index (χ4v) is 1.26. The van der Waals surface area contributed by atoms with Crippen LogP contribution < -0.4 is 0 Å². The van der Waals surface area contributed by atoms with Gasteiger partial charge >= 0.3 is 0 Å². The van der Waals surface area contributed by atoms with Crippen molar-refractivity contribution in [1.82, 2.24) is 4.90 Å². The van der Waals surface area contributed by atoms with Gasteiger partial charge in [0.05, 0.1) is 12.7 Å². The molecule has 1 heterocycles. The highest BCUT2D eigenvalue weighted by Gasteiger charge is 2.20. The van der Waals surface area contributed by atoms with Gasteiger partial charge in [0, 0.05) is 20.2 Å². The third-order valence-electron chi connectivity index (χ3n) is 1.86. The van der Waals surface area contributed by atoms with Gasteiger partial charge in [0.25, 0.3) is 0 Å². The molecule has 1 aliphatic rings. The Labute approximate surface area is 72.4 Å². The van der Waals surface area contributed by atoms with Gasteiger partial charge < -0.3 is 14.4 Å². The Bertz CT molecular complexity index is 160. The Morgan fingerprint density at radius 1 is 1.75 bits per heavy atom. The molecule has 0 radical (unpaired) electrons. The summed E-state index contributed by atoms with van der Waals surface area (Å²) in [6.07, 6.45) is 0.152. The predicted octanol–water partition coefficient (Wildman–Crippen LogP) is -0.120. The lowest BCUT2D eigenvalue weighted by molar-refractivity contribution is -0.142. The van der Waals surface area contributed by atoms with Gasteiger partial charge in [0.1, 0.15) is 6.61 Å². The molecule has 0 aromatic carbocycles. The molecule has 4 heteroatoms. The van der Waals surface area contributed by atoms with Crippen LogP contribution in [0.2, 0.25) is 0 Å². The number of carbonyl (C=O) groups excluding carboxylic acids is 1. The van der Waals surface area contributed by atoms with E-state index in [1.807, 2.05) is 6.92 Å². The van der Waals surface area contributed by atoms with Crippen molar-refractivity contribution < 1.29 is 14.3 Å². The summed E-state index contributed by atoms with van der Waals surface area (Å²) in [5.74, 6) is 0.0488. The van der Waals surface area contributed by atoms with Crippen LogP contribution in [0.1, 0.15) is 6.92 Å². The number of nitrogens with zero attached hydrogens (tertiary/aromatic N) is 1. The molecule has 0 aromatic heterocycles. The van der Waals surface area contributed by atoms with Gasteiger partial charge in [0.2, 0.25) is 5.91 Å². The van der Waals surface area contributed by atoms with E-state index in [1.165, 1.54) is 7.11 Å². The molecule has 12 heavy (non-hydrogen) atoms. The van der Waals surface area contributed by atoms with Gasteiger partial charge in [-0.2, -0.15) is 0 Å². The average molecular weight is 173 g/mol. The van der Waals surface area contributed by atoms with Crippen LogP contribution in [-0.4, -0.2) is 50.3 Å². The fourth-order valence-electron chi connectivity index (χ4n) is 1.26. The second kappa shape index (κ2) is 4.42. The van der Waals surface area contributed by atoms with Gasteiger partial charge in [-0.05, 0) is 6.92 Å². The molecule has 0 N–H and O–H groups in total. The van der Waals surface area contributed by atoms with Crippen molar-refractivity contribution in [2.45, 2.75) is 13.0 Å². The summed E-state index contributed by atoms with van der Waals surface area (Å²) >= 11 is 0. The summed E-state index contributed by atoms with van der Waals surface area (Å²) in [5, 5.41) is 0. The normalized spacial score (nSPS) is 24.2. The number of hydrogen-bond acceptors (Lipinski definition) is 3. The zero-order chi connectivity index (χ0) is 8.97. The number of amides is 1. The van der Waals surface area contributed by atoms with Gasteiger partial charge in [0.15, 0.2) is 0 Å². The van der Waals surface area contributed by atoms with Crippen molar-refractivity contribution in [3.05, 3.63) is 0 Å². The standard InChI is InChI=1S/C8H15NO3/c1-7-5-9(3-4-12-7)8(10)6-11-2/h7H,3-6H2,1-2H3. The molecule has 1 saturated heterocycles. The van der Waals surface area contributed by atoms with Gasteiger partial charge in [-0.1, -0.05) is 0 Å². The lowest BCUT2D eigenvalue weighted by Crippen LogP contribution is -2.45. The number of carbonyl (C=O) groups is 1. The van der Waals surface area contributed by atoms with Crippen molar-refractivity contribution in [3.63, 3.8) is 0 Å². The van der Waals surface area contributed by atoms with E-state index in [4.69, 9.17) is 9.47 Å². The molecule has 70 valence electrons. The number of hydrogen-bond donors (Lipinski definition) is 0. The summed E-state index contributed by atoms with van der Waals surface area (Å²) in [6.45, 7) is 4.14. The largest absolute Gasteiger partial charge is 0.375 e. The molecular formula is C8H15NO3.